The molecule has 0 aliphatic carbocycles. The molecule has 0 saturated carbocycles. The lowest BCUT2D eigenvalue weighted by molar-refractivity contribution is -0.132. The number of carbonyl (C=O) groups excluding carboxylic acids is 1. The van der Waals surface area contributed by atoms with Gasteiger partial charge in [0.2, 0.25) is 5.91 Å². The zero-order valence-corrected chi connectivity index (χ0v) is 11.9. The van der Waals surface area contributed by atoms with Crippen LogP contribution in [0.2, 0.25) is 0 Å². The summed E-state index contributed by atoms with van der Waals surface area (Å²) in [5.74, 6) is 0.245. The zero-order chi connectivity index (χ0) is 13.9. The molecule has 1 fully saturated rings. The summed E-state index contributed by atoms with van der Waals surface area (Å²) in [6, 6.07) is 14.5. The van der Waals surface area contributed by atoms with E-state index in [9.17, 15) is 4.79 Å². The minimum absolute atomic E-state index is 0.245. The number of nitrogens with zero attached hydrogens (tertiary/aromatic N) is 2. The van der Waals surface area contributed by atoms with E-state index in [1.807, 2.05) is 23.1 Å². The predicted molar refractivity (Wildman–Crippen MR) is 81.7 cm³/mol. The lowest BCUT2D eigenvalue weighted by Crippen LogP contribution is -2.47. The number of amides is 1. The average molecular weight is 268 g/mol. The van der Waals surface area contributed by atoms with Crippen molar-refractivity contribution in [2.24, 2.45) is 0 Å². The van der Waals surface area contributed by atoms with E-state index in [1.54, 1.807) is 0 Å². The van der Waals surface area contributed by atoms with Crippen molar-refractivity contribution in [1.29, 1.82) is 0 Å². The summed E-state index contributed by atoms with van der Waals surface area (Å²) in [6.45, 7) is 3.64. The van der Waals surface area contributed by atoms with Gasteiger partial charge in [-0.15, -0.1) is 0 Å². The highest BCUT2D eigenvalue weighted by Gasteiger charge is 2.19. The number of rotatable bonds is 2. The van der Waals surface area contributed by atoms with Gasteiger partial charge in [0, 0.05) is 26.2 Å². The van der Waals surface area contributed by atoms with E-state index in [1.165, 1.54) is 10.8 Å². The van der Waals surface area contributed by atoms with Crippen LogP contribution in [0.25, 0.3) is 10.8 Å². The van der Waals surface area contributed by atoms with Gasteiger partial charge in [0.15, 0.2) is 0 Å². The Morgan fingerprint density at radius 3 is 2.50 bits per heavy atom. The van der Waals surface area contributed by atoms with Crippen LogP contribution < -0.4 is 0 Å². The van der Waals surface area contributed by atoms with Crippen molar-refractivity contribution >= 4 is 16.7 Å². The second-order valence-corrected chi connectivity index (χ2v) is 5.50. The van der Waals surface area contributed by atoms with Crippen LogP contribution in [0.1, 0.15) is 5.56 Å². The van der Waals surface area contributed by atoms with E-state index in [-0.39, 0.29) is 5.91 Å². The minimum atomic E-state index is 0.245. The molecule has 3 nitrogen and oxygen atoms in total. The molecule has 1 saturated heterocycles. The average Bonchev–Trinajstić information content (AvgIpc) is 2.48. The third-order valence-corrected chi connectivity index (χ3v) is 4.08. The van der Waals surface area contributed by atoms with Gasteiger partial charge in [0.05, 0.1) is 6.42 Å². The second-order valence-electron chi connectivity index (χ2n) is 5.50. The largest absolute Gasteiger partial charge is 0.340 e. The molecule has 0 radical (unpaired) electrons. The quantitative estimate of drug-likeness (QED) is 0.833. The van der Waals surface area contributed by atoms with Gasteiger partial charge in [-0.2, -0.15) is 0 Å². The van der Waals surface area contributed by atoms with Crippen molar-refractivity contribution in [3.8, 4) is 0 Å². The van der Waals surface area contributed by atoms with Gasteiger partial charge in [-0.25, -0.2) is 0 Å². The second kappa shape index (κ2) is 5.63. The summed E-state index contributed by atoms with van der Waals surface area (Å²) in [5, 5.41) is 2.40. The van der Waals surface area contributed by atoms with E-state index in [4.69, 9.17) is 0 Å². The summed E-state index contributed by atoms with van der Waals surface area (Å²) < 4.78 is 0. The molecule has 0 bridgehead atoms. The number of carbonyl (C=O) groups is 1. The topological polar surface area (TPSA) is 23.6 Å². The first-order chi connectivity index (χ1) is 9.74. The maximum absolute atomic E-state index is 12.4. The normalized spacial score (nSPS) is 16.6. The molecule has 1 amide bonds. The standard InChI is InChI=1S/C17H20N2O/c1-18-9-11-19(12-10-18)17(20)13-15-7-4-6-14-5-2-3-8-16(14)15/h2-8H,9-13H2,1H3. The molecular weight excluding hydrogens is 248 g/mol. The number of likely N-dealkylation sites (N-methyl/N-ethyl adjacent to an activating group) is 1. The highest BCUT2D eigenvalue weighted by molar-refractivity contribution is 5.90. The molecule has 2 aromatic rings. The van der Waals surface area contributed by atoms with Gasteiger partial charge in [-0.05, 0) is 23.4 Å². The van der Waals surface area contributed by atoms with Crippen LogP contribution in [0, 0.1) is 0 Å². The Morgan fingerprint density at radius 1 is 1.00 bits per heavy atom. The molecule has 1 heterocycles. The molecule has 0 aromatic heterocycles. The van der Waals surface area contributed by atoms with E-state index in [2.05, 4.69) is 36.2 Å². The lowest BCUT2D eigenvalue weighted by Gasteiger charge is -2.32. The fraction of sp³-hybridized carbons (Fsp3) is 0.353. The van der Waals surface area contributed by atoms with Crippen LogP contribution in [0.5, 0.6) is 0 Å². The number of fused-ring (bicyclic) bond motifs is 1. The van der Waals surface area contributed by atoms with Gasteiger partial charge in [0.25, 0.3) is 0 Å². The van der Waals surface area contributed by atoms with Crippen molar-refractivity contribution in [2.75, 3.05) is 33.2 Å². The molecule has 104 valence electrons. The first-order valence-electron chi connectivity index (χ1n) is 7.17. The van der Waals surface area contributed by atoms with Gasteiger partial charge in [0.1, 0.15) is 0 Å². The molecule has 0 unspecified atom stereocenters. The molecular formula is C17H20N2O. The van der Waals surface area contributed by atoms with Crippen LogP contribution >= 0.6 is 0 Å². The summed E-state index contributed by atoms with van der Waals surface area (Å²) >= 11 is 0. The van der Waals surface area contributed by atoms with E-state index in [0.29, 0.717) is 6.42 Å². The van der Waals surface area contributed by atoms with Crippen LogP contribution in [0.4, 0.5) is 0 Å². The molecule has 20 heavy (non-hydrogen) atoms. The third-order valence-electron chi connectivity index (χ3n) is 4.08. The van der Waals surface area contributed by atoms with Crippen LogP contribution in [0.15, 0.2) is 42.5 Å². The molecule has 2 aromatic carbocycles. The molecule has 0 atom stereocenters. The summed E-state index contributed by atoms with van der Waals surface area (Å²) in [4.78, 5) is 16.7. The van der Waals surface area contributed by atoms with Crippen molar-refractivity contribution < 1.29 is 4.79 Å². The lowest BCUT2D eigenvalue weighted by atomic mass is 10.0. The van der Waals surface area contributed by atoms with Crippen molar-refractivity contribution in [1.82, 2.24) is 9.80 Å². The highest BCUT2D eigenvalue weighted by Crippen LogP contribution is 2.19. The fourth-order valence-corrected chi connectivity index (χ4v) is 2.78. The Bertz CT molecular complexity index is 610. The molecule has 3 heteroatoms. The number of benzene rings is 2. The van der Waals surface area contributed by atoms with Crippen LogP contribution in [-0.2, 0) is 11.2 Å². The summed E-state index contributed by atoms with van der Waals surface area (Å²) in [6.07, 6.45) is 0.505. The number of hydrogen-bond donors (Lipinski definition) is 0. The fourth-order valence-electron chi connectivity index (χ4n) is 2.78. The predicted octanol–water partition coefficient (Wildman–Crippen LogP) is 2.16. The SMILES string of the molecule is CN1CCN(C(=O)Cc2cccc3ccccc23)CC1. The molecule has 0 N–H and O–H groups in total. The Labute approximate surface area is 119 Å². The van der Waals surface area contributed by atoms with Gasteiger partial charge in [-0.1, -0.05) is 42.5 Å². The molecule has 3 rings (SSSR count). The minimum Gasteiger partial charge on any atom is -0.340 e. The number of piperazine rings is 1. The first kappa shape index (κ1) is 13.1. The Kier molecular flexibility index (Phi) is 3.70. The van der Waals surface area contributed by atoms with E-state index < -0.39 is 0 Å². The Hall–Kier alpha value is -1.87. The molecule has 0 spiro atoms. The number of hydrogen-bond acceptors (Lipinski definition) is 2. The summed E-state index contributed by atoms with van der Waals surface area (Å²) in [7, 11) is 2.10. The van der Waals surface area contributed by atoms with Crippen LogP contribution in [-0.4, -0.2) is 48.9 Å². The maximum Gasteiger partial charge on any atom is 0.227 e. The van der Waals surface area contributed by atoms with Crippen molar-refractivity contribution in [2.45, 2.75) is 6.42 Å². The highest BCUT2D eigenvalue weighted by atomic mass is 16.2. The first-order valence-corrected chi connectivity index (χ1v) is 7.17. The van der Waals surface area contributed by atoms with Gasteiger partial charge >= 0.3 is 0 Å². The maximum atomic E-state index is 12.4. The van der Waals surface area contributed by atoms with Gasteiger partial charge < -0.3 is 9.80 Å². The van der Waals surface area contributed by atoms with Crippen molar-refractivity contribution in [3.63, 3.8) is 0 Å². The van der Waals surface area contributed by atoms with E-state index in [0.717, 1.165) is 31.7 Å². The Morgan fingerprint density at radius 2 is 1.70 bits per heavy atom. The zero-order valence-electron chi connectivity index (χ0n) is 11.9. The third kappa shape index (κ3) is 2.68. The molecule has 1 aliphatic heterocycles. The summed E-state index contributed by atoms with van der Waals surface area (Å²) in [5.41, 5.74) is 1.13. The molecule has 1 aliphatic rings. The van der Waals surface area contributed by atoms with Gasteiger partial charge in [-0.3, -0.25) is 4.79 Å². The Balaban J connectivity index is 1.77. The monoisotopic (exact) mass is 268 g/mol. The van der Waals surface area contributed by atoms with Crippen molar-refractivity contribution in [3.05, 3.63) is 48.0 Å². The van der Waals surface area contributed by atoms with E-state index >= 15 is 0 Å². The smallest absolute Gasteiger partial charge is 0.227 e. The van der Waals surface area contributed by atoms with Crippen LogP contribution in [0.3, 0.4) is 0 Å².